The Hall–Kier alpha value is -2.70. The minimum Gasteiger partial charge on any atom is -0.343 e. The summed E-state index contributed by atoms with van der Waals surface area (Å²) in [5.74, 6) is -0.787. The van der Waals surface area contributed by atoms with Crippen LogP contribution in [0.4, 0.5) is 4.39 Å². The Kier molecular flexibility index (Phi) is 6.49. The number of hydrogen-bond donors (Lipinski definition) is 1. The number of nitrogens with one attached hydrogen (secondary N) is 1. The molecule has 1 aromatic carbocycles. The number of nitrogens with zero attached hydrogens (tertiary/aromatic N) is 3. The summed E-state index contributed by atoms with van der Waals surface area (Å²) in [5.41, 5.74) is 1.80. The van der Waals surface area contributed by atoms with Gasteiger partial charge in [0.25, 0.3) is 5.91 Å². The molecule has 0 fully saturated rings. The second kappa shape index (κ2) is 8.60. The molecule has 2 rings (SSSR count). The Morgan fingerprint density at radius 2 is 1.81 bits per heavy atom. The van der Waals surface area contributed by atoms with Crippen molar-refractivity contribution in [2.75, 3.05) is 19.6 Å². The van der Waals surface area contributed by atoms with Crippen LogP contribution in [0.25, 0.3) is 5.69 Å². The summed E-state index contributed by atoms with van der Waals surface area (Å²) in [6.45, 7) is 8.85. The normalized spacial score (nSPS) is 10.8. The first-order valence-electron chi connectivity index (χ1n) is 8.78. The van der Waals surface area contributed by atoms with Gasteiger partial charge in [-0.3, -0.25) is 9.59 Å². The highest BCUT2D eigenvalue weighted by Crippen LogP contribution is 2.23. The fraction of sp³-hybridized carbons (Fsp3) is 0.421. The van der Waals surface area contributed by atoms with Crippen molar-refractivity contribution >= 4 is 11.8 Å². The van der Waals surface area contributed by atoms with E-state index in [9.17, 15) is 14.0 Å². The molecule has 2 amide bonds. The molecule has 0 aliphatic carbocycles. The fourth-order valence-electron chi connectivity index (χ4n) is 2.82. The lowest BCUT2D eigenvalue weighted by Crippen LogP contribution is -2.40. The summed E-state index contributed by atoms with van der Waals surface area (Å²) in [4.78, 5) is 26.3. The molecule has 6 nitrogen and oxygen atoms in total. The van der Waals surface area contributed by atoms with Crippen molar-refractivity contribution in [2.45, 2.75) is 33.6 Å². The van der Waals surface area contributed by atoms with Crippen molar-refractivity contribution < 1.29 is 14.0 Å². The maximum Gasteiger partial charge on any atom is 0.255 e. The van der Waals surface area contributed by atoms with Crippen LogP contribution in [-0.4, -0.2) is 46.1 Å². The van der Waals surface area contributed by atoms with Gasteiger partial charge in [-0.1, -0.05) is 13.8 Å². The molecule has 0 bridgehead atoms. The first-order valence-corrected chi connectivity index (χ1v) is 8.78. The summed E-state index contributed by atoms with van der Waals surface area (Å²) in [6.07, 6.45) is 1.48. The Labute approximate surface area is 153 Å². The van der Waals surface area contributed by atoms with Gasteiger partial charge < -0.3 is 10.2 Å². The van der Waals surface area contributed by atoms with Crippen LogP contribution in [0.1, 0.15) is 49.7 Å². The van der Waals surface area contributed by atoms with E-state index >= 15 is 0 Å². The van der Waals surface area contributed by atoms with E-state index in [1.165, 1.54) is 18.3 Å². The maximum atomic E-state index is 13.2. The molecule has 1 N–H and O–H groups in total. The summed E-state index contributed by atoms with van der Waals surface area (Å²) >= 11 is 0. The highest BCUT2D eigenvalue weighted by atomic mass is 19.1. The molecule has 26 heavy (non-hydrogen) atoms. The van der Waals surface area contributed by atoms with E-state index in [0.717, 1.165) is 0 Å². The zero-order valence-electron chi connectivity index (χ0n) is 15.6. The predicted octanol–water partition coefficient (Wildman–Crippen LogP) is 2.73. The van der Waals surface area contributed by atoms with Gasteiger partial charge in [0.2, 0.25) is 5.91 Å². The highest BCUT2D eigenvalue weighted by molar-refractivity contribution is 5.97. The van der Waals surface area contributed by atoms with Gasteiger partial charge in [-0.2, -0.15) is 5.10 Å². The van der Waals surface area contributed by atoms with Gasteiger partial charge >= 0.3 is 0 Å². The molecule has 0 atom stereocenters. The second-order valence-corrected chi connectivity index (χ2v) is 6.24. The molecule has 0 unspecified atom stereocenters. The predicted molar refractivity (Wildman–Crippen MR) is 97.9 cm³/mol. The van der Waals surface area contributed by atoms with Gasteiger partial charge in [-0.05, 0) is 44.0 Å². The zero-order chi connectivity index (χ0) is 19.3. The van der Waals surface area contributed by atoms with Crippen LogP contribution in [0.2, 0.25) is 0 Å². The zero-order valence-corrected chi connectivity index (χ0v) is 15.6. The van der Waals surface area contributed by atoms with Crippen molar-refractivity contribution in [1.82, 2.24) is 20.0 Å². The van der Waals surface area contributed by atoms with Crippen LogP contribution in [0, 0.1) is 5.82 Å². The topological polar surface area (TPSA) is 67.2 Å². The highest BCUT2D eigenvalue weighted by Gasteiger charge is 2.21. The van der Waals surface area contributed by atoms with Crippen LogP contribution < -0.4 is 5.32 Å². The van der Waals surface area contributed by atoms with Gasteiger partial charge in [0, 0.05) is 13.1 Å². The summed E-state index contributed by atoms with van der Waals surface area (Å²) in [7, 11) is 0. The third kappa shape index (κ3) is 4.28. The number of carbonyl (C=O) groups is 2. The molecule has 140 valence electrons. The summed E-state index contributed by atoms with van der Waals surface area (Å²) in [5, 5.41) is 6.96. The maximum absolute atomic E-state index is 13.2. The van der Waals surface area contributed by atoms with E-state index in [1.54, 1.807) is 21.7 Å². The Morgan fingerprint density at radius 3 is 2.35 bits per heavy atom. The smallest absolute Gasteiger partial charge is 0.255 e. The molecule has 0 spiro atoms. The first-order chi connectivity index (χ1) is 12.4. The third-order valence-corrected chi connectivity index (χ3v) is 4.19. The molecule has 0 radical (unpaired) electrons. The molecular formula is C19H25FN4O2. The molecule has 1 aromatic heterocycles. The van der Waals surface area contributed by atoms with Gasteiger partial charge in [0.15, 0.2) is 0 Å². The molecule has 0 aliphatic rings. The van der Waals surface area contributed by atoms with Gasteiger partial charge in [-0.15, -0.1) is 0 Å². The van der Waals surface area contributed by atoms with Crippen LogP contribution >= 0.6 is 0 Å². The molecular weight excluding hydrogens is 335 g/mol. The number of likely N-dealkylation sites (N-methyl/N-ethyl adjacent to an activating group) is 1. The second-order valence-electron chi connectivity index (χ2n) is 6.24. The molecule has 0 saturated heterocycles. The van der Waals surface area contributed by atoms with Gasteiger partial charge in [0.1, 0.15) is 5.82 Å². The van der Waals surface area contributed by atoms with E-state index in [1.807, 2.05) is 27.7 Å². The van der Waals surface area contributed by atoms with Crippen LogP contribution in [-0.2, 0) is 4.79 Å². The number of hydrogen-bond acceptors (Lipinski definition) is 3. The lowest BCUT2D eigenvalue weighted by molar-refractivity contribution is -0.129. The lowest BCUT2D eigenvalue weighted by atomic mass is 10.0. The summed E-state index contributed by atoms with van der Waals surface area (Å²) < 4.78 is 14.8. The number of carbonyl (C=O) groups excluding carboxylic acids is 2. The number of halogens is 1. The molecule has 1 heterocycles. The number of benzene rings is 1. The fourth-order valence-corrected chi connectivity index (χ4v) is 2.82. The lowest BCUT2D eigenvalue weighted by Gasteiger charge is -2.19. The first kappa shape index (κ1) is 19.6. The quantitative estimate of drug-likeness (QED) is 0.826. The van der Waals surface area contributed by atoms with E-state index in [0.29, 0.717) is 30.0 Å². The number of aromatic nitrogens is 2. The van der Waals surface area contributed by atoms with Crippen molar-refractivity contribution in [1.29, 1.82) is 0 Å². The average Bonchev–Trinajstić information content (AvgIpc) is 3.06. The van der Waals surface area contributed by atoms with E-state index in [4.69, 9.17) is 0 Å². The van der Waals surface area contributed by atoms with Crippen LogP contribution in [0.3, 0.4) is 0 Å². The van der Waals surface area contributed by atoms with E-state index in [2.05, 4.69) is 10.4 Å². The Morgan fingerprint density at radius 1 is 1.19 bits per heavy atom. The number of rotatable bonds is 7. The van der Waals surface area contributed by atoms with Crippen molar-refractivity contribution in [3.8, 4) is 5.69 Å². The van der Waals surface area contributed by atoms with Gasteiger partial charge in [0.05, 0.1) is 29.7 Å². The molecule has 7 heteroatoms. The van der Waals surface area contributed by atoms with Crippen molar-refractivity contribution in [2.24, 2.45) is 0 Å². The Balaban J connectivity index is 2.22. The SMILES string of the molecule is CCN(CC)C(=O)CNC(=O)c1cnn(-c2ccc(F)cc2)c1C(C)C. The minimum atomic E-state index is -0.345. The van der Waals surface area contributed by atoms with Crippen LogP contribution in [0.5, 0.6) is 0 Å². The third-order valence-electron chi connectivity index (χ3n) is 4.19. The van der Waals surface area contributed by atoms with E-state index in [-0.39, 0.29) is 30.1 Å². The molecule has 0 saturated carbocycles. The minimum absolute atomic E-state index is 0.0155. The number of amides is 2. The molecule has 2 aromatic rings. The monoisotopic (exact) mass is 360 g/mol. The molecule has 0 aliphatic heterocycles. The summed E-state index contributed by atoms with van der Waals surface area (Å²) in [6, 6.07) is 5.92. The standard InChI is InChI=1S/C19H25FN4O2/c1-5-23(6-2)17(25)12-21-19(26)16-11-22-24(18(16)13(3)4)15-9-7-14(20)8-10-15/h7-11,13H,5-6,12H2,1-4H3,(H,21,26). The van der Waals surface area contributed by atoms with Crippen molar-refractivity contribution in [3.63, 3.8) is 0 Å². The van der Waals surface area contributed by atoms with Crippen molar-refractivity contribution in [3.05, 3.63) is 47.5 Å². The average molecular weight is 360 g/mol. The van der Waals surface area contributed by atoms with E-state index < -0.39 is 0 Å². The van der Waals surface area contributed by atoms with Gasteiger partial charge in [-0.25, -0.2) is 9.07 Å². The van der Waals surface area contributed by atoms with Crippen LogP contribution in [0.15, 0.2) is 30.5 Å². The Bertz CT molecular complexity index is 764. The largest absolute Gasteiger partial charge is 0.343 e.